The predicted octanol–water partition coefficient (Wildman–Crippen LogP) is 0.00250. The summed E-state index contributed by atoms with van der Waals surface area (Å²) >= 11 is 0. The van der Waals surface area contributed by atoms with E-state index in [4.69, 9.17) is 25.0 Å². The average Bonchev–Trinajstić information content (AvgIpc) is 2.69. The van der Waals surface area contributed by atoms with E-state index >= 15 is 0 Å². The minimum atomic E-state index is -4.27. The van der Waals surface area contributed by atoms with E-state index in [0.717, 1.165) is 0 Å². The van der Waals surface area contributed by atoms with Gasteiger partial charge in [-0.15, -0.1) is 0 Å². The van der Waals surface area contributed by atoms with Crippen molar-refractivity contribution < 1.29 is 23.8 Å². The molecule has 1 saturated heterocycles. The van der Waals surface area contributed by atoms with Crippen LogP contribution >= 0.6 is 7.60 Å². The molecule has 2 rings (SSSR count). The van der Waals surface area contributed by atoms with Gasteiger partial charge < -0.3 is 25.0 Å². The molecule has 2 heterocycles. The smallest absolute Gasteiger partial charge is 0.351 e. The molecule has 20 heavy (non-hydrogen) atoms. The fourth-order valence-corrected chi connectivity index (χ4v) is 2.40. The molecule has 1 aliphatic heterocycles. The van der Waals surface area contributed by atoms with Gasteiger partial charge in [0.05, 0.1) is 0 Å². The van der Waals surface area contributed by atoms with Crippen molar-refractivity contribution in [3.05, 3.63) is 22.7 Å². The van der Waals surface area contributed by atoms with E-state index in [1.54, 1.807) is 6.92 Å². The fourth-order valence-electron chi connectivity index (χ4n) is 1.96. The van der Waals surface area contributed by atoms with Gasteiger partial charge in [-0.25, -0.2) is 4.79 Å². The third kappa shape index (κ3) is 3.65. The van der Waals surface area contributed by atoms with E-state index < -0.39 is 31.6 Å². The molecule has 0 amide bonds. The first-order valence-electron chi connectivity index (χ1n) is 5.90. The second-order valence-corrected chi connectivity index (χ2v) is 6.31. The van der Waals surface area contributed by atoms with Crippen LogP contribution in [0.15, 0.2) is 17.1 Å². The largest absolute Gasteiger partial charge is 0.383 e. The number of nitrogens with zero attached hydrogens (tertiary/aromatic N) is 2. The Morgan fingerprint density at radius 1 is 1.70 bits per heavy atom. The number of rotatable bonds is 4. The van der Waals surface area contributed by atoms with Crippen LogP contribution in [0.2, 0.25) is 0 Å². The molecule has 112 valence electrons. The number of nitrogens with two attached hydrogens (primary N) is 1. The first-order valence-corrected chi connectivity index (χ1v) is 7.69. The molecular formula is C10H16N3O6P. The van der Waals surface area contributed by atoms with Gasteiger partial charge in [0.15, 0.2) is 12.1 Å². The van der Waals surface area contributed by atoms with Gasteiger partial charge in [0.25, 0.3) is 0 Å². The monoisotopic (exact) mass is 305 g/mol. The molecule has 4 N–H and O–H groups in total. The van der Waals surface area contributed by atoms with Crippen LogP contribution in [-0.4, -0.2) is 31.5 Å². The first kappa shape index (κ1) is 15.1. The number of anilines is 1. The molecule has 1 aromatic heterocycles. The summed E-state index contributed by atoms with van der Waals surface area (Å²) in [7, 11) is -4.27. The maximum absolute atomic E-state index is 11.7. The molecule has 10 heteroatoms. The molecule has 0 radical (unpaired) electrons. The van der Waals surface area contributed by atoms with Crippen molar-refractivity contribution in [1.29, 1.82) is 0 Å². The number of hydrogen-bond acceptors (Lipinski definition) is 6. The van der Waals surface area contributed by atoms with E-state index in [2.05, 4.69) is 4.98 Å². The summed E-state index contributed by atoms with van der Waals surface area (Å²) < 4.78 is 22.8. The van der Waals surface area contributed by atoms with Gasteiger partial charge >= 0.3 is 13.3 Å². The van der Waals surface area contributed by atoms with Crippen molar-refractivity contribution in [2.75, 3.05) is 12.1 Å². The van der Waals surface area contributed by atoms with Crippen molar-refractivity contribution in [2.24, 2.45) is 0 Å². The van der Waals surface area contributed by atoms with Crippen LogP contribution in [-0.2, 0) is 14.0 Å². The number of aromatic nitrogens is 2. The zero-order chi connectivity index (χ0) is 15.0. The molecule has 1 fully saturated rings. The molecule has 2 atom stereocenters. The van der Waals surface area contributed by atoms with Crippen LogP contribution in [0, 0.1) is 0 Å². The topological polar surface area (TPSA) is 137 Å². The third-order valence-corrected chi connectivity index (χ3v) is 3.40. The SMILES string of the molecule is C[C@@]1(OCP(=O)(O)O)CC[C@H](n2ccc(N)nc2=O)O1. The predicted molar refractivity (Wildman–Crippen MR) is 68.7 cm³/mol. The summed E-state index contributed by atoms with van der Waals surface area (Å²) in [6, 6.07) is 1.47. The highest BCUT2D eigenvalue weighted by atomic mass is 31.2. The van der Waals surface area contributed by atoms with E-state index in [9.17, 15) is 9.36 Å². The van der Waals surface area contributed by atoms with Gasteiger partial charge in [0.2, 0.25) is 0 Å². The van der Waals surface area contributed by atoms with E-state index in [1.807, 2.05) is 0 Å². The van der Waals surface area contributed by atoms with Gasteiger partial charge in [0, 0.05) is 12.6 Å². The molecule has 0 unspecified atom stereocenters. The molecule has 0 spiro atoms. The minimum Gasteiger partial charge on any atom is -0.383 e. The molecule has 1 aromatic rings. The molecule has 0 aromatic carbocycles. The van der Waals surface area contributed by atoms with Crippen LogP contribution in [0.5, 0.6) is 0 Å². The van der Waals surface area contributed by atoms with Gasteiger partial charge in [-0.05, 0) is 19.4 Å². The van der Waals surface area contributed by atoms with Crippen LogP contribution < -0.4 is 11.4 Å². The minimum absolute atomic E-state index is 0.116. The lowest BCUT2D eigenvalue weighted by molar-refractivity contribution is -0.220. The molecule has 1 aliphatic rings. The van der Waals surface area contributed by atoms with E-state index in [0.29, 0.717) is 12.8 Å². The second kappa shape index (κ2) is 5.27. The zero-order valence-corrected chi connectivity index (χ0v) is 11.7. The summed E-state index contributed by atoms with van der Waals surface area (Å²) in [5.41, 5.74) is 4.85. The van der Waals surface area contributed by atoms with Crippen LogP contribution in [0.4, 0.5) is 5.82 Å². The molecule has 0 aliphatic carbocycles. The summed E-state index contributed by atoms with van der Waals surface area (Å²) in [5.74, 6) is -1.03. The second-order valence-electron chi connectivity index (χ2n) is 4.73. The first-order chi connectivity index (χ1) is 9.19. The Kier molecular flexibility index (Phi) is 3.99. The fraction of sp³-hybridized carbons (Fsp3) is 0.600. The van der Waals surface area contributed by atoms with Crippen molar-refractivity contribution in [1.82, 2.24) is 9.55 Å². The van der Waals surface area contributed by atoms with E-state index in [1.165, 1.54) is 16.8 Å². The lowest BCUT2D eigenvalue weighted by Crippen LogP contribution is -2.32. The number of hydrogen-bond donors (Lipinski definition) is 3. The normalized spacial score (nSPS) is 26.9. The lowest BCUT2D eigenvalue weighted by Gasteiger charge is -2.25. The van der Waals surface area contributed by atoms with Crippen LogP contribution in [0.3, 0.4) is 0 Å². The molecule has 9 nitrogen and oxygen atoms in total. The van der Waals surface area contributed by atoms with Crippen molar-refractivity contribution in [3.8, 4) is 0 Å². The maximum Gasteiger partial charge on any atom is 0.351 e. The third-order valence-electron chi connectivity index (χ3n) is 2.93. The molecule has 0 saturated carbocycles. The van der Waals surface area contributed by atoms with Crippen molar-refractivity contribution >= 4 is 13.4 Å². The molecular weight excluding hydrogens is 289 g/mol. The Hall–Kier alpha value is -1.25. The summed E-state index contributed by atoms with van der Waals surface area (Å²) in [5, 5.41) is 0. The highest BCUT2D eigenvalue weighted by Crippen LogP contribution is 2.41. The Balaban J connectivity index is 2.08. The Morgan fingerprint density at radius 3 is 3.00 bits per heavy atom. The lowest BCUT2D eigenvalue weighted by atomic mass is 10.2. The Bertz CT molecular complexity index is 599. The quantitative estimate of drug-likeness (QED) is 0.661. The van der Waals surface area contributed by atoms with Gasteiger partial charge in [-0.1, -0.05) is 0 Å². The zero-order valence-electron chi connectivity index (χ0n) is 10.8. The van der Waals surface area contributed by atoms with Gasteiger partial charge in [0.1, 0.15) is 12.0 Å². The number of ether oxygens (including phenoxy) is 2. The average molecular weight is 305 g/mol. The van der Waals surface area contributed by atoms with Crippen molar-refractivity contribution in [3.63, 3.8) is 0 Å². The highest BCUT2D eigenvalue weighted by molar-refractivity contribution is 7.51. The molecule has 0 bridgehead atoms. The maximum atomic E-state index is 11.7. The standard InChI is InChI=1S/C10H16N3O6P/c1-10(18-6-20(15,16)17)4-2-8(19-10)13-5-3-7(11)12-9(13)14/h3,5,8H,2,4,6H2,1H3,(H2,11,12,14)(H2,15,16,17)/t8-,10+/m1/s1. The van der Waals surface area contributed by atoms with Crippen LogP contribution in [0.1, 0.15) is 26.0 Å². The van der Waals surface area contributed by atoms with E-state index in [-0.39, 0.29) is 5.82 Å². The van der Waals surface area contributed by atoms with Gasteiger partial charge in [-0.2, -0.15) is 4.98 Å². The summed E-state index contributed by atoms with van der Waals surface area (Å²) in [6.45, 7) is 1.57. The highest BCUT2D eigenvalue weighted by Gasteiger charge is 2.39. The van der Waals surface area contributed by atoms with Crippen molar-refractivity contribution in [2.45, 2.75) is 31.8 Å². The van der Waals surface area contributed by atoms with Gasteiger partial charge in [-0.3, -0.25) is 9.13 Å². The van der Waals surface area contributed by atoms with Crippen LogP contribution in [0.25, 0.3) is 0 Å². The summed E-state index contributed by atoms with van der Waals surface area (Å²) in [4.78, 5) is 32.9. The Morgan fingerprint density at radius 2 is 2.40 bits per heavy atom. The number of nitrogen functional groups attached to an aromatic ring is 1. The summed E-state index contributed by atoms with van der Waals surface area (Å²) in [6.07, 6.45) is 0.990. The Labute approximate surface area is 114 Å².